The molecule has 1 aliphatic carbocycles. The van der Waals surface area contributed by atoms with Gasteiger partial charge < -0.3 is 0 Å². The normalized spacial score (nSPS) is 20.0. The minimum Gasteiger partial charge on any atom is -0.208 e. The smallest absolute Gasteiger partial charge is 0.208 e. The molecule has 0 bridgehead atoms. The summed E-state index contributed by atoms with van der Waals surface area (Å²) in [7, 11) is -3.60. The van der Waals surface area contributed by atoms with Crippen molar-refractivity contribution in [2.24, 2.45) is 0 Å². The second-order valence-electron chi connectivity index (χ2n) is 4.18. The summed E-state index contributed by atoms with van der Waals surface area (Å²) < 4.78 is 40.1. The topological polar surface area (TPSA) is 46.2 Å². The summed E-state index contributed by atoms with van der Waals surface area (Å²) in [5, 5.41) is 0. The molecule has 0 heterocycles. The third-order valence-electron chi connectivity index (χ3n) is 2.77. The monoisotopic (exact) mass is 333 g/mol. The average Bonchev–Trinajstić information content (AvgIpc) is 2.29. The molecule has 1 aliphatic rings. The van der Waals surface area contributed by atoms with Crippen LogP contribution in [0.2, 0.25) is 0 Å². The van der Waals surface area contributed by atoms with Gasteiger partial charge in [0.1, 0.15) is 5.82 Å². The Kier molecular flexibility index (Phi) is 4.19. The van der Waals surface area contributed by atoms with Gasteiger partial charge in [0.05, 0.1) is 4.90 Å². The molecule has 0 aliphatic heterocycles. The SMILES string of the molecule is O=S(=O)(NC1CC=CCC1)c1ccc(F)cc1Br. The quantitative estimate of drug-likeness (QED) is 0.864. The summed E-state index contributed by atoms with van der Waals surface area (Å²) in [5.74, 6) is -0.471. The van der Waals surface area contributed by atoms with Crippen LogP contribution in [0.4, 0.5) is 4.39 Å². The van der Waals surface area contributed by atoms with E-state index in [9.17, 15) is 12.8 Å². The van der Waals surface area contributed by atoms with Crippen LogP contribution in [0.15, 0.2) is 39.7 Å². The van der Waals surface area contributed by atoms with Crippen molar-refractivity contribution >= 4 is 26.0 Å². The summed E-state index contributed by atoms with van der Waals surface area (Å²) in [4.78, 5) is 0.0680. The third kappa shape index (κ3) is 3.18. The standard InChI is InChI=1S/C12H13BrFNO2S/c13-11-8-9(14)6-7-12(11)18(16,17)15-10-4-2-1-3-5-10/h1-2,6-8,10,15H,3-5H2. The fourth-order valence-corrected chi connectivity index (χ4v) is 4.21. The van der Waals surface area contributed by atoms with Crippen LogP contribution in [0.25, 0.3) is 0 Å². The van der Waals surface area contributed by atoms with Crippen molar-refractivity contribution in [1.29, 1.82) is 0 Å². The van der Waals surface area contributed by atoms with Gasteiger partial charge in [-0.05, 0) is 53.4 Å². The first-order valence-corrected chi connectivity index (χ1v) is 7.89. The molecular weight excluding hydrogens is 321 g/mol. The lowest BCUT2D eigenvalue weighted by Crippen LogP contribution is -2.35. The molecule has 6 heteroatoms. The van der Waals surface area contributed by atoms with Crippen molar-refractivity contribution < 1.29 is 12.8 Å². The van der Waals surface area contributed by atoms with Gasteiger partial charge in [-0.1, -0.05) is 12.2 Å². The Morgan fingerprint density at radius 2 is 2.11 bits per heavy atom. The second-order valence-corrected chi connectivity index (χ2v) is 6.71. The van der Waals surface area contributed by atoms with E-state index in [1.807, 2.05) is 12.2 Å². The Balaban J connectivity index is 2.22. The first-order valence-electron chi connectivity index (χ1n) is 5.61. The van der Waals surface area contributed by atoms with Gasteiger partial charge in [-0.3, -0.25) is 0 Å². The highest BCUT2D eigenvalue weighted by molar-refractivity contribution is 9.10. The summed E-state index contributed by atoms with van der Waals surface area (Å²) in [6.45, 7) is 0. The van der Waals surface area contributed by atoms with Crippen molar-refractivity contribution in [3.05, 3.63) is 40.6 Å². The van der Waals surface area contributed by atoms with E-state index in [1.165, 1.54) is 6.07 Å². The van der Waals surface area contributed by atoms with Gasteiger partial charge in [0.2, 0.25) is 10.0 Å². The van der Waals surface area contributed by atoms with E-state index in [-0.39, 0.29) is 15.4 Å². The Morgan fingerprint density at radius 3 is 2.72 bits per heavy atom. The number of halogens is 2. The molecule has 1 atom stereocenters. The van der Waals surface area contributed by atoms with E-state index in [0.717, 1.165) is 25.0 Å². The fraction of sp³-hybridized carbons (Fsp3) is 0.333. The number of allylic oxidation sites excluding steroid dienone is 1. The van der Waals surface area contributed by atoms with Crippen LogP contribution in [0.5, 0.6) is 0 Å². The van der Waals surface area contributed by atoms with E-state index in [2.05, 4.69) is 20.7 Å². The minimum absolute atomic E-state index is 0.0680. The number of hydrogen-bond acceptors (Lipinski definition) is 2. The van der Waals surface area contributed by atoms with Gasteiger partial charge in [0, 0.05) is 10.5 Å². The molecule has 0 saturated carbocycles. The number of hydrogen-bond donors (Lipinski definition) is 1. The molecule has 0 spiro atoms. The van der Waals surface area contributed by atoms with Crippen molar-refractivity contribution in [3.8, 4) is 0 Å². The number of rotatable bonds is 3. The van der Waals surface area contributed by atoms with E-state index in [0.29, 0.717) is 6.42 Å². The molecule has 0 saturated heterocycles. The van der Waals surface area contributed by atoms with Gasteiger partial charge in [-0.15, -0.1) is 0 Å². The third-order valence-corrected chi connectivity index (χ3v) is 5.27. The number of sulfonamides is 1. The Hall–Kier alpha value is -0.720. The molecule has 98 valence electrons. The van der Waals surface area contributed by atoms with Gasteiger partial charge >= 0.3 is 0 Å². The first kappa shape index (κ1) is 13.7. The highest BCUT2D eigenvalue weighted by Gasteiger charge is 2.22. The van der Waals surface area contributed by atoms with Crippen LogP contribution in [0.1, 0.15) is 19.3 Å². The summed E-state index contributed by atoms with van der Waals surface area (Å²) >= 11 is 3.07. The van der Waals surface area contributed by atoms with Crippen molar-refractivity contribution in [1.82, 2.24) is 4.72 Å². The zero-order chi connectivity index (χ0) is 13.2. The number of nitrogens with one attached hydrogen (secondary N) is 1. The lowest BCUT2D eigenvalue weighted by atomic mass is 10.0. The van der Waals surface area contributed by atoms with E-state index in [4.69, 9.17) is 0 Å². The molecule has 1 aromatic carbocycles. The maximum absolute atomic E-state index is 12.9. The highest BCUT2D eigenvalue weighted by Crippen LogP contribution is 2.24. The van der Waals surface area contributed by atoms with Gasteiger partial charge in [0.25, 0.3) is 0 Å². The molecule has 1 unspecified atom stereocenters. The molecule has 1 N–H and O–H groups in total. The Labute approximate surface area is 114 Å². The zero-order valence-electron chi connectivity index (χ0n) is 9.57. The maximum atomic E-state index is 12.9. The summed E-state index contributed by atoms with van der Waals surface area (Å²) in [6.07, 6.45) is 6.36. The van der Waals surface area contributed by atoms with Gasteiger partial charge in [-0.2, -0.15) is 0 Å². The van der Waals surface area contributed by atoms with Crippen LogP contribution in [-0.4, -0.2) is 14.5 Å². The molecule has 3 nitrogen and oxygen atoms in total. The molecule has 1 aromatic rings. The summed E-state index contributed by atoms with van der Waals surface area (Å²) in [5.41, 5.74) is 0. The molecule has 0 amide bonds. The minimum atomic E-state index is -3.60. The molecule has 0 fully saturated rings. The second kappa shape index (κ2) is 5.50. The molecule has 18 heavy (non-hydrogen) atoms. The van der Waals surface area contributed by atoms with Gasteiger partial charge in [-0.25, -0.2) is 17.5 Å². The largest absolute Gasteiger partial charge is 0.241 e. The number of benzene rings is 1. The van der Waals surface area contributed by atoms with Crippen LogP contribution < -0.4 is 4.72 Å². The predicted octanol–water partition coefficient (Wildman–Crippen LogP) is 2.98. The molecular formula is C12H13BrFNO2S. The first-order chi connectivity index (χ1) is 8.49. The average molecular weight is 334 g/mol. The summed E-state index contributed by atoms with van der Waals surface area (Å²) in [6, 6.07) is 3.47. The van der Waals surface area contributed by atoms with Crippen LogP contribution in [0, 0.1) is 5.82 Å². The van der Waals surface area contributed by atoms with Crippen molar-refractivity contribution in [2.45, 2.75) is 30.2 Å². The Morgan fingerprint density at radius 1 is 1.33 bits per heavy atom. The maximum Gasteiger partial charge on any atom is 0.241 e. The fourth-order valence-electron chi connectivity index (χ4n) is 1.88. The molecule has 2 rings (SSSR count). The van der Waals surface area contributed by atoms with E-state index in [1.54, 1.807) is 0 Å². The van der Waals surface area contributed by atoms with Crippen molar-refractivity contribution in [2.75, 3.05) is 0 Å². The predicted molar refractivity (Wildman–Crippen MR) is 71.2 cm³/mol. The lowest BCUT2D eigenvalue weighted by Gasteiger charge is -2.19. The van der Waals surface area contributed by atoms with Gasteiger partial charge in [0.15, 0.2) is 0 Å². The zero-order valence-corrected chi connectivity index (χ0v) is 12.0. The van der Waals surface area contributed by atoms with E-state index < -0.39 is 15.8 Å². The van der Waals surface area contributed by atoms with E-state index >= 15 is 0 Å². The molecule has 0 radical (unpaired) electrons. The highest BCUT2D eigenvalue weighted by atomic mass is 79.9. The molecule has 0 aromatic heterocycles. The van der Waals surface area contributed by atoms with Crippen LogP contribution in [0.3, 0.4) is 0 Å². The Bertz CT molecular complexity index is 571. The van der Waals surface area contributed by atoms with Crippen molar-refractivity contribution in [3.63, 3.8) is 0 Å². The van der Waals surface area contributed by atoms with Crippen LogP contribution >= 0.6 is 15.9 Å². The lowest BCUT2D eigenvalue weighted by molar-refractivity contribution is 0.522. The van der Waals surface area contributed by atoms with Crippen LogP contribution in [-0.2, 0) is 10.0 Å².